The van der Waals surface area contributed by atoms with Gasteiger partial charge in [-0.05, 0) is 48.7 Å². The van der Waals surface area contributed by atoms with Crippen LogP contribution in [0.4, 0.5) is 4.39 Å². The molecule has 0 spiro atoms. The highest BCUT2D eigenvalue weighted by atomic mass is 19.1. The lowest BCUT2D eigenvalue weighted by Crippen LogP contribution is -2.36. The standard InChI is InChI=1S/C25H22FNO5/c1-2-10-30-17-6-3-5-15(12-17)22-21-23(28)19-13-16(26)8-9-20(19)32-24(21)25(29)27(22)14-18-7-4-11-31-18/h2-3,5-6,8-9,12-13,18,22H,1,4,7,10-11,14H2. The zero-order chi connectivity index (χ0) is 22.2. The summed E-state index contributed by atoms with van der Waals surface area (Å²) in [5.74, 6) is -0.325. The van der Waals surface area contributed by atoms with E-state index >= 15 is 0 Å². The molecule has 0 N–H and O–H groups in total. The number of carbonyl (C=O) groups is 1. The topological polar surface area (TPSA) is 69.0 Å². The molecule has 2 aliphatic rings. The summed E-state index contributed by atoms with van der Waals surface area (Å²) in [6, 6.07) is 10.3. The van der Waals surface area contributed by atoms with E-state index in [4.69, 9.17) is 13.9 Å². The molecule has 164 valence electrons. The lowest BCUT2D eigenvalue weighted by molar-refractivity contribution is 0.0486. The largest absolute Gasteiger partial charge is 0.490 e. The van der Waals surface area contributed by atoms with E-state index in [0.29, 0.717) is 31.1 Å². The van der Waals surface area contributed by atoms with E-state index in [1.807, 2.05) is 12.1 Å². The predicted molar refractivity (Wildman–Crippen MR) is 116 cm³/mol. The van der Waals surface area contributed by atoms with Gasteiger partial charge in [-0.15, -0.1) is 0 Å². The van der Waals surface area contributed by atoms with Crippen LogP contribution in [0.1, 0.15) is 40.6 Å². The first-order valence-electron chi connectivity index (χ1n) is 10.6. The average molecular weight is 435 g/mol. The molecule has 1 saturated heterocycles. The van der Waals surface area contributed by atoms with E-state index < -0.39 is 17.3 Å². The summed E-state index contributed by atoms with van der Waals surface area (Å²) < 4.78 is 31.2. The van der Waals surface area contributed by atoms with E-state index in [9.17, 15) is 14.0 Å². The highest BCUT2D eigenvalue weighted by Gasteiger charge is 2.44. The first-order valence-corrected chi connectivity index (χ1v) is 10.6. The summed E-state index contributed by atoms with van der Waals surface area (Å²) in [4.78, 5) is 28.5. The summed E-state index contributed by atoms with van der Waals surface area (Å²) in [7, 11) is 0. The second-order valence-electron chi connectivity index (χ2n) is 7.98. The van der Waals surface area contributed by atoms with E-state index in [0.717, 1.165) is 18.9 Å². The van der Waals surface area contributed by atoms with Gasteiger partial charge in [0, 0.05) is 13.2 Å². The maximum Gasteiger partial charge on any atom is 0.291 e. The van der Waals surface area contributed by atoms with Crippen LogP contribution in [0.5, 0.6) is 5.75 Å². The molecule has 7 heteroatoms. The Kier molecular flexibility index (Phi) is 5.27. The number of nitrogens with zero attached hydrogens (tertiary/aromatic N) is 1. The molecule has 1 amide bonds. The molecule has 0 saturated carbocycles. The maximum atomic E-state index is 13.9. The Morgan fingerprint density at radius 2 is 2.09 bits per heavy atom. The first-order chi connectivity index (χ1) is 15.6. The molecule has 1 aromatic heterocycles. The van der Waals surface area contributed by atoms with Gasteiger partial charge in [-0.25, -0.2) is 4.39 Å². The van der Waals surface area contributed by atoms with Crippen molar-refractivity contribution >= 4 is 16.9 Å². The molecule has 0 radical (unpaired) electrons. The van der Waals surface area contributed by atoms with Crippen LogP contribution < -0.4 is 10.2 Å². The highest BCUT2D eigenvalue weighted by Crippen LogP contribution is 2.39. The summed E-state index contributed by atoms with van der Waals surface area (Å²) in [5, 5.41) is 0.111. The Morgan fingerprint density at radius 3 is 2.88 bits per heavy atom. The third kappa shape index (κ3) is 3.48. The molecule has 2 unspecified atom stereocenters. The number of amides is 1. The van der Waals surface area contributed by atoms with Crippen molar-refractivity contribution in [3.63, 3.8) is 0 Å². The maximum absolute atomic E-state index is 13.9. The molecule has 0 bridgehead atoms. The third-order valence-electron chi connectivity index (χ3n) is 5.89. The fourth-order valence-corrected chi connectivity index (χ4v) is 4.46. The predicted octanol–water partition coefficient (Wildman–Crippen LogP) is 4.22. The van der Waals surface area contributed by atoms with Crippen LogP contribution in [0.3, 0.4) is 0 Å². The van der Waals surface area contributed by atoms with Crippen molar-refractivity contribution in [3.05, 3.63) is 88.0 Å². The molecule has 6 nitrogen and oxygen atoms in total. The quantitative estimate of drug-likeness (QED) is 0.543. The minimum absolute atomic E-state index is 0.00508. The molecule has 2 aromatic carbocycles. The SMILES string of the molecule is C=CCOc1cccc(C2c3c(oc4ccc(F)cc4c3=O)C(=O)N2CC2CCCO2)c1. The highest BCUT2D eigenvalue weighted by molar-refractivity contribution is 5.99. The molecule has 2 atom stereocenters. The van der Waals surface area contributed by atoms with Gasteiger partial charge in [0.05, 0.1) is 23.1 Å². The Bertz CT molecular complexity index is 1260. The number of halogens is 1. The van der Waals surface area contributed by atoms with Crippen LogP contribution in [0.15, 0.2) is 64.3 Å². The average Bonchev–Trinajstić information content (AvgIpc) is 3.41. The molecule has 2 aliphatic heterocycles. The van der Waals surface area contributed by atoms with Gasteiger partial charge in [-0.1, -0.05) is 24.8 Å². The van der Waals surface area contributed by atoms with Gasteiger partial charge in [0.1, 0.15) is 23.8 Å². The van der Waals surface area contributed by atoms with E-state index in [1.54, 1.807) is 23.1 Å². The molecule has 1 fully saturated rings. The van der Waals surface area contributed by atoms with Gasteiger partial charge in [-0.3, -0.25) is 9.59 Å². The van der Waals surface area contributed by atoms with E-state index in [1.165, 1.54) is 12.1 Å². The van der Waals surface area contributed by atoms with Gasteiger partial charge < -0.3 is 18.8 Å². The second-order valence-corrected chi connectivity index (χ2v) is 7.98. The van der Waals surface area contributed by atoms with Gasteiger partial charge in [-0.2, -0.15) is 0 Å². The zero-order valence-corrected chi connectivity index (χ0v) is 17.4. The van der Waals surface area contributed by atoms with Crippen molar-refractivity contribution in [1.29, 1.82) is 0 Å². The molecular formula is C25H22FNO5. The lowest BCUT2D eigenvalue weighted by atomic mass is 9.98. The molecule has 32 heavy (non-hydrogen) atoms. The summed E-state index contributed by atoms with van der Waals surface area (Å²) >= 11 is 0. The fourth-order valence-electron chi connectivity index (χ4n) is 4.46. The number of benzene rings is 2. The lowest BCUT2D eigenvalue weighted by Gasteiger charge is -2.27. The van der Waals surface area contributed by atoms with E-state index in [2.05, 4.69) is 6.58 Å². The van der Waals surface area contributed by atoms with Crippen LogP contribution in [-0.2, 0) is 4.74 Å². The van der Waals surface area contributed by atoms with Crippen molar-refractivity contribution in [1.82, 2.24) is 4.90 Å². The Hall–Kier alpha value is -3.45. The number of fused-ring (bicyclic) bond motifs is 2. The van der Waals surface area contributed by atoms with Crippen molar-refractivity contribution in [2.45, 2.75) is 25.0 Å². The van der Waals surface area contributed by atoms with Gasteiger partial charge in [0.25, 0.3) is 5.91 Å². The number of hydrogen-bond donors (Lipinski definition) is 0. The van der Waals surface area contributed by atoms with Crippen molar-refractivity contribution < 1.29 is 23.1 Å². The van der Waals surface area contributed by atoms with Gasteiger partial charge >= 0.3 is 0 Å². The minimum Gasteiger partial charge on any atom is -0.490 e. The Labute approximate surface area is 183 Å². The van der Waals surface area contributed by atoms with Crippen LogP contribution in [0.25, 0.3) is 11.0 Å². The Balaban J connectivity index is 1.67. The summed E-state index contributed by atoms with van der Waals surface area (Å²) in [5.41, 5.74) is 0.697. The van der Waals surface area contributed by atoms with Crippen LogP contribution >= 0.6 is 0 Å². The molecule has 5 rings (SSSR count). The second kappa shape index (κ2) is 8.24. The number of rotatable bonds is 6. The normalized spacial score (nSPS) is 20.0. The van der Waals surface area contributed by atoms with Crippen LogP contribution in [-0.4, -0.2) is 36.7 Å². The number of ether oxygens (including phenoxy) is 2. The Morgan fingerprint density at radius 1 is 1.22 bits per heavy atom. The van der Waals surface area contributed by atoms with Crippen molar-refractivity contribution in [3.8, 4) is 5.75 Å². The first kappa shape index (κ1) is 20.5. The molecule has 0 aliphatic carbocycles. The van der Waals surface area contributed by atoms with Crippen molar-refractivity contribution in [2.75, 3.05) is 19.8 Å². The third-order valence-corrected chi connectivity index (χ3v) is 5.89. The summed E-state index contributed by atoms with van der Waals surface area (Å²) in [6.45, 7) is 4.96. The molecule has 3 heterocycles. The van der Waals surface area contributed by atoms with Gasteiger partial charge in [0.2, 0.25) is 5.76 Å². The van der Waals surface area contributed by atoms with Gasteiger partial charge in [0.15, 0.2) is 5.43 Å². The van der Waals surface area contributed by atoms with Crippen LogP contribution in [0.2, 0.25) is 0 Å². The number of hydrogen-bond acceptors (Lipinski definition) is 5. The zero-order valence-electron chi connectivity index (χ0n) is 17.4. The van der Waals surface area contributed by atoms with Crippen molar-refractivity contribution in [2.24, 2.45) is 0 Å². The van der Waals surface area contributed by atoms with Crippen LogP contribution in [0, 0.1) is 5.82 Å². The summed E-state index contributed by atoms with van der Waals surface area (Å²) in [6.07, 6.45) is 3.29. The smallest absolute Gasteiger partial charge is 0.291 e. The monoisotopic (exact) mass is 435 g/mol. The molecule has 3 aromatic rings. The number of carbonyl (C=O) groups excluding carboxylic acids is 1. The minimum atomic E-state index is -0.683. The fraction of sp³-hybridized carbons (Fsp3) is 0.280. The van der Waals surface area contributed by atoms with E-state index in [-0.39, 0.29) is 34.3 Å². The molecular weight excluding hydrogens is 413 g/mol.